The first-order valence-electron chi connectivity index (χ1n) is 13.3. The molecule has 210 valence electrons. The van der Waals surface area contributed by atoms with Crippen molar-refractivity contribution < 1.29 is 33.3 Å². The van der Waals surface area contributed by atoms with Crippen molar-refractivity contribution >= 4 is 17.6 Å². The molecule has 3 aromatic rings. The van der Waals surface area contributed by atoms with Gasteiger partial charge in [0.05, 0.1) is 25.4 Å². The Bertz CT molecular complexity index is 1400. The summed E-state index contributed by atoms with van der Waals surface area (Å²) >= 11 is 0. The van der Waals surface area contributed by atoms with Crippen LogP contribution in [0.1, 0.15) is 48.4 Å². The largest absolute Gasteiger partial charge is 0.472 e. The van der Waals surface area contributed by atoms with E-state index in [0.717, 1.165) is 0 Å². The SMILES string of the molecule is CC(C)(C)OC(=O)N1COc2c(cccc2-c2ccc(C(O)C(=O)c3ccccc3)c(N3CCOCC3)c2F)C1. The van der Waals surface area contributed by atoms with E-state index >= 15 is 4.39 Å². The number of rotatable bonds is 5. The van der Waals surface area contributed by atoms with E-state index in [0.29, 0.717) is 48.7 Å². The molecule has 9 heteroatoms. The third-order valence-electron chi connectivity index (χ3n) is 6.84. The average Bonchev–Trinajstić information content (AvgIpc) is 2.95. The topological polar surface area (TPSA) is 88.5 Å². The van der Waals surface area contributed by atoms with Gasteiger partial charge in [-0.3, -0.25) is 9.69 Å². The van der Waals surface area contributed by atoms with Crippen molar-refractivity contribution in [2.45, 2.75) is 39.0 Å². The first-order valence-corrected chi connectivity index (χ1v) is 13.3. The van der Waals surface area contributed by atoms with Gasteiger partial charge in [-0.1, -0.05) is 60.7 Å². The summed E-state index contributed by atoms with van der Waals surface area (Å²) in [5, 5.41) is 11.1. The summed E-state index contributed by atoms with van der Waals surface area (Å²) in [5.74, 6) is -0.599. The number of aliphatic hydroxyl groups excluding tert-OH is 1. The molecule has 0 bridgehead atoms. The van der Waals surface area contributed by atoms with E-state index in [1.165, 1.54) is 4.90 Å². The first-order chi connectivity index (χ1) is 19.1. The number of amides is 1. The normalized spacial score (nSPS) is 16.1. The number of carbonyl (C=O) groups excluding carboxylic acids is 2. The van der Waals surface area contributed by atoms with Gasteiger partial charge < -0.3 is 24.2 Å². The zero-order chi connectivity index (χ0) is 28.4. The zero-order valence-corrected chi connectivity index (χ0v) is 22.9. The highest BCUT2D eigenvalue weighted by Gasteiger charge is 2.32. The number of halogens is 1. The molecule has 1 fully saturated rings. The molecule has 0 saturated carbocycles. The number of nitrogens with zero attached hydrogens (tertiary/aromatic N) is 2. The molecule has 0 spiro atoms. The number of para-hydroxylation sites is 1. The number of fused-ring (bicyclic) bond motifs is 1. The monoisotopic (exact) mass is 548 g/mol. The van der Waals surface area contributed by atoms with Crippen molar-refractivity contribution in [1.29, 1.82) is 0 Å². The second kappa shape index (κ2) is 11.3. The van der Waals surface area contributed by atoms with Crippen LogP contribution in [-0.4, -0.2) is 60.5 Å². The fraction of sp³-hybridized carbons (Fsp3) is 0.355. The third kappa shape index (κ3) is 5.66. The molecule has 0 aliphatic carbocycles. The summed E-state index contributed by atoms with van der Waals surface area (Å²) in [5.41, 5.74) is 1.56. The number of aliphatic hydroxyl groups is 1. The van der Waals surface area contributed by atoms with Crippen LogP contribution < -0.4 is 9.64 Å². The number of ether oxygens (including phenoxy) is 3. The van der Waals surface area contributed by atoms with Crippen molar-refractivity contribution in [1.82, 2.24) is 4.90 Å². The molecule has 1 amide bonds. The lowest BCUT2D eigenvalue weighted by Crippen LogP contribution is -2.40. The molecular weight excluding hydrogens is 515 g/mol. The van der Waals surface area contributed by atoms with Crippen LogP contribution in [0, 0.1) is 5.82 Å². The number of ketones is 1. The standard InChI is InChI=1S/C31H33FN2O6/c1-31(2,3)40-30(37)34-18-21-10-7-11-23(29(21)39-19-34)22-12-13-24(26(25(22)32)33-14-16-38-17-15-33)28(36)27(35)20-8-5-4-6-9-20/h4-13,28,36H,14-19H2,1-3H3. The minimum atomic E-state index is -1.55. The number of anilines is 1. The molecule has 3 aromatic carbocycles. The van der Waals surface area contributed by atoms with E-state index in [1.54, 1.807) is 80.3 Å². The second-order valence-corrected chi connectivity index (χ2v) is 10.8. The van der Waals surface area contributed by atoms with Crippen molar-refractivity contribution in [2.24, 2.45) is 0 Å². The number of Topliss-reactive ketones (excluding diaryl/α,β-unsaturated/α-hetero) is 1. The Morgan fingerprint density at radius 1 is 0.975 bits per heavy atom. The van der Waals surface area contributed by atoms with E-state index in [1.807, 2.05) is 6.07 Å². The Morgan fingerprint density at radius 2 is 1.70 bits per heavy atom. The van der Waals surface area contributed by atoms with Crippen LogP contribution in [0.25, 0.3) is 11.1 Å². The van der Waals surface area contributed by atoms with Crippen LogP contribution in [0.4, 0.5) is 14.9 Å². The van der Waals surface area contributed by atoms with Gasteiger partial charge in [0.15, 0.2) is 18.3 Å². The maximum atomic E-state index is 16.5. The molecule has 1 atom stereocenters. The number of morpholine rings is 1. The van der Waals surface area contributed by atoms with E-state index < -0.39 is 29.4 Å². The Labute approximate surface area is 232 Å². The molecule has 1 saturated heterocycles. The van der Waals surface area contributed by atoms with Crippen LogP contribution in [-0.2, 0) is 16.0 Å². The maximum Gasteiger partial charge on any atom is 0.413 e. The lowest BCUT2D eigenvalue weighted by Gasteiger charge is -2.33. The Morgan fingerprint density at radius 3 is 2.40 bits per heavy atom. The van der Waals surface area contributed by atoms with Gasteiger partial charge in [0.1, 0.15) is 17.5 Å². The predicted octanol–water partition coefficient (Wildman–Crippen LogP) is 5.33. The summed E-state index contributed by atoms with van der Waals surface area (Å²) in [7, 11) is 0. The predicted molar refractivity (Wildman–Crippen MR) is 148 cm³/mol. The van der Waals surface area contributed by atoms with Crippen molar-refractivity contribution in [3.05, 3.63) is 83.2 Å². The van der Waals surface area contributed by atoms with Crippen LogP contribution >= 0.6 is 0 Å². The van der Waals surface area contributed by atoms with Crippen LogP contribution in [0.5, 0.6) is 5.75 Å². The molecular formula is C31H33FN2O6. The van der Waals surface area contributed by atoms with Gasteiger partial charge in [0.25, 0.3) is 0 Å². The van der Waals surface area contributed by atoms with E-state index in [-0.39, 0.29) is 30.1 Å². The van der Waals surface area contributed by atoms with Crippen LogP contribution in [0.3, 0.4) is 0 Å². The van der Waals surface area contributed by atoms with E-state index in [2.05, 4.69) is 0 Å². The molecule has 40 heavy (non-hydrogen) atoms. The first kappa shape index (κ1) is 27.6. The van der Waals surface area contributed by atoms with E-state index in [9.17, 15) is 14.7 Å². The summed E-state index contributed by atoms with van der Waals surface area (Å²) < 4.78 is 33.5. The van der Waals surface area contributed by atoms with Gasteiger partial charge in [0.2, 0.25) is 0 Å². The average molecular weight is 549 g/mol. The molecule has 1 unspecified atom stereocenters. The van der Waals surface area contributed by atoms with Gasteiger partial charge in [-0.05, 0) is 20.8 Å². The minimum absolute atomic E-state index is 0.0424. The van der Waals surface area contributed by atoms with Crippen molar-refractivity contribution in [2.75, 3.05) is 37.9 Å². The lowest BCUT2D eigenvalue weighted by atomic mass is 9.93. The van der Waals surface area contributed by atoms with E-state index in [4.69, 9.17) is 14.2 Å². The molecule has 2 aliphatic rings. The number of carbonyl (C=O) groups is 2. The van der Waals surface area contributed by atoms with Crippen LogP contribution in [0.15, 0.2) is 60.7 Å². The highest BCUT2D eigenvalue weighted by Crippen LogP contribution is 2.42. The molecule has 0 radical (unpaired) electrons. The molecule has 1 N–H and O–H groups in total. The summed E-state index contributed by atoms with van der Waals surface area (Å²) in [6, 6.07) is 17.0. The third-order valence-corrected chi connectivity index (χ3v) is 6.84. The number of hydrogen-bond acceptors (Lipinski definition) is 7. The Kier molecular flexibility index (Phi) is 7.78. The minimum Gasteiger partial charge on any atom is -0.472 e. The highest BCUT2D eigenvalue weighted by atomic mass is 19.1. The molecule has 2 heterocycles. The second-order valence-electron chi connectivity index (χ2n) is 10.8. The fourth-order valence-corrected chi connectivity index (χ4v) is 4.95. The maximum absolute atomic E-state index is 16.5. The smallest absolute Gasteiger partial charge is 0.413 e. The Balaban J connectivity index is 1.53. The molecule has 2 aliphatic heterocycles. The van der Waals surface area contributed by atoms with Gasteiger partial charge in [-0.2, -0.15) is 0 Å². The Hall–Kier alpha value is -3.95. The number of hydrogen-bond donors (Lipinski definition) is 1. The van der Waals surface area contributed by atoms with Gasteiger partial charge >= 0.3 is 6.09 Å². The van der Waals surface area contributed by atoms with Gasteiger partial charge in [-0.15, -0.1) is 0 Å². The van der Waals surface area contributed by atoms with Crippen molar-refractivity contribution in [3.63, 3.8) is 0 Å². The van der Waals surface area contributed by atoms with Gasteiger partial charge in [0, 0.05) is 40.9 Å². The van der Waals surface area contributed by atoms with Gasteiger partial charge in [-0.25, -0.2) is 9.18 Å². The summed E-state index contributed by atoms with van der Waals surface area (Å²) in [4.78, 5) is 29.0. The molecule has 5 rings (SSSR count). The van der Waals surface area contributed by atoms with Crippen LogP contribution in [0.2, 0.25) is 0 Å². The zero-order valence-electron chi connectivity index (χ0n) is 22.9. The quantitative estimate of drug-likeness (QED) is 0.431. The fourth-order valence-electron chi connectivity index (χ4n) is 4.95. The van der Waals surface area contributed by atoms with Crippen molar-refractivity contribution in [3.8, 4) is 16.9 Å². The highest BCUT2D eigenvalue weighted by molar-refractivity contribution is 6.01. The molecule has 8 nitrogen and oxygen atoms in total. The number of benzene rings is 3. The summed E-state index contributed by atoms with van der Waals surface area (Å²) in [6.07, 6.45) is -2.04. The summed E-state index contributed by atoms with van der Waals surface area (Å²) in [6.45, 7) is 7.21. The lowest BCUT2D eigenvalue weighted by molar-refractivity contribution is 0.00248. The molecule has 0 aromatic heterocycles.